The Kier molecular flexibility index (Phi) is 2.12. The van der Waals surface area contributed by atoms with Crippen molar-refractivity contribution in [2.24, 2.45) is 7.05 Å². The highest BCUT2D eigenvalue weighted by atomic mass is 15.1. The summed E-state index contributed by atoms with van der Waals surface area (Å²) in [5.74, 6) is 1.38. The van der Waals surface area contributed by atoms with Gasteiger partial charge < -0.3 is 9.88 Å². The van der Waals surface area contributed by atoms with Gasteiger partial charge in [-0.25, -0.2) is 9.97 Å². The highest BCUT2D eigenvalue weighted by Crippen LogP contribution is 2.35. The van der Waals surface area contributed by atoms with E-state index in [0.29, 0.717) is 5.92 Å². The molecule has 4 nitrogen and oxygen atoms in total. The fraction of sp³-hybridized carbons (Fsp3) is 0.200. The maximum Gasteiger partial charge on any atom is 0.177 e. The molecule has 0 saturated heterocycles. The molecule has 19 heavy (non-hydrogen) atoms. The summed E-state index contributed by atoms with van der Waals surface area (Å²) >= 11 is 0. The second-order valence-corrected chi connectivity index (χ2v) is 4.90. The van der Waals surface area contributed by atoms with Gasteiger partial charge in [-0.15, -0.1) is 0 Å². The Labute approximate surface area is 111 Å². The van der Waals surface area contributed by atoms with Crippen molar-refractivity contribution < 1.29 is 0 Å². The van der Waals surface area contributed by atoms with Crippen LogP contribution in [-0.2, 0) is 7.05 Å². The van der Waals surface area contributed by atoms with E-state index in [-0.39, 0.29) is 0 Å². The van der Waals surface area contributed by atoms with Gasteiger partial charge in [0.15, 0.2) is 5.65 Å². The molecule has 1 atom stereocenters. The SMILES string of the molecule is Cn1c(C2CNc3ccccc32)nc2ncccc21. The number of hydrogen-bond donors (Lipinski definition) is 1. The third-order valence-electron chi connectivity index (χ3n) is 3.84. The van der Waals surface area contributed by atoms with Crippen LogP contribution in [0.5, 0.6) is 0 Å². The van der Waals surface area contributed by atoms with Crippen molar-refractivity contribution in [2.45, 2.75) is 5.92 Å². The van der Waals surface area contributed by atoms with Crippen molar-refractivity contribution in [1.29, 1.82) is 0 Å². The lowest BCUT2D eigenvalue weighted by Crippen LogP contribution is -2.09. The number of pyridine rings is 1. The molecule has 4 rings (SSSR count). The molecule has 0 bridgehead atoms. The first-order valence-electron chi connectivity index (χ1n) is 6.45. The van der Waals surface area contributed by atoms with Crippen molar-refractivity contribution in [3.05, 3.63) is 54.0 Å². The molecule has 1 aromatic carbocycles. The molecule has 0 saturated carbocycles. The number of aryl methyl sites for hydroxylation is 1. The van der Waals surface area contributed by atoms with E-state index in [0.717, 1.165) is 23.5 Å². The largest absolute Gasteiger partial charge is 0.384 e. The van der Waals surface area contributed by atoms with Crippen molar-refractivity contribution in [3.8, 4) is 0 Å². The van der Waals surface area contributed by atoms with Crippen LogP contribution >= 0.6 is 0 Å². The monoisotopic (exact) mass is 250 g/mol. The molecule has 1 unspecified atom stereocenters. The molecular weight excluding hydrogens is 236 g/mol. The molecule has 0 spiro atoms. The Hall–Kier alpha value is -2.36. The zero-order valence-electron chi connectivity index (χ0n) is 10.7. The summed E-state index contributed by atoms with van der Waals surface area (Å²) < 4.78 is 2.15. The molecule has 1 N–H and O–H groups in total. The minimum atomic E-state index is 0.301. The molecule has 0 fully saturated rings. The molecule has 0 amide bonds. The van der Waals surface area contributed by atoms with Gasteiger partial charge in [0.25, 0.3) is 0 Å². The highest BCUT2D eigenvalue weighted by Gasteiger charge is 2.27. The first-order chi connectivity index (χ1) is 9.34. The number of hydrogen-bond acceptors (Lipinski definition) is 3. The summed E-state index contributed by atoms with van der Waals surface area (Å²) in [6.07, 6.45) is 1.79. The molecule has 2 aromatic heterocycles. The topological polar surface area (TPSA) is 42.7 Å². The van der Waals surface area contributed by atoms with Gasteiger partial charge >= 0.3 is 0 Å². The average molecular weight is 250 g/mol. The van der Waals surface area contributed by atoms with Crippen molar-refractivity contribution in [2.75, 3.05) is 11.9 Å². The fourth-order valence-electron chi connectivity index (χ4n) is 2.87. The van der Waals surface area contributed by atoms with Crippen molar-refractivity contribution in [3.63, 3.8) is 0 Å². The van der Waals surface area contributed by atoms with Crippen molar-refractivity contribution >= 4 is 16.9 Å². The number of para-hydroxylation sites is 1. The van der Waals surface area contributed by atoms with Crippen LogP contribution in [0.15, 0.2) is 42.6 Å². The lowest BCUT2D eigenvalue weighted by molar-refractivity contribution is 0.748. The number of rotatable bonds is 1. The van der Waals surface area contributed by atoms with Crippen LogP contribution in [0.3, 0.4) is 0 Å². The Balaban J connectivity index is 1.90. The molecule has 0 radical (unpaired) electrons. The van der Waals surface area contributed by atoms with Crippen LogP contribution in [0.25, 0.3) is 11.2 Å². The lowest BCUT2D eigenvalue weighted by atomic mass is 10.0. The third kappa shape index (κ3) is 1.46. The average Bonchev–Trinajstić information content (AvgIpc) is 3.01. The van der Waals surface area contributed by atoms with Crippen LogP contribution in [0.4, 0.5) is 5.69 Å². The number of anilines is 1. The Morgan fingerprint density at radius 3 is 3.00 bits per heavy atom. The van der Waals surface area contributed by atoms with Gasteiger partial charge in [-0.1, -0.05) is 18.2 Å². The van der Waals surface area contributed by atoms with E-state index in [1.165, 1.54) is 11.3 Å². The molecule has 4 heteroatoms. The summed E-state index contributed by atoms with van der Waals surface area (Å²) in [5, 5.41) is 3.45. The number of fused-ring (bicyclic) bond motifs is 2. The normalized spacial score (nSPS) is 17.4. The molecule has 0 aliphatic carbocycles. The summed E-state index contributed by atoms with van der Waals surface area (Å²) in [4.78, 5) is 9.04. The summed E-state index contributed by atoms with van der Waals surface area (Å²) in [7, 11) is 2.06. The highest BCUT2D eigenvalue weighted by molar-refractivity contribution is 5.72. The molecule has 3 heterocycles. The molecule has 94 valence electrons. The van der Waals surface area contributed by atoms with Gasteiger partial charge in [-0.2, -0.15) is 0 Å². The van der Waals surface area contributed by atoms with E-state index in [1.54, 1.807) is 6.20 Å². The minimum absolute atomic E-state index is 0.301. The van der Waals surface area contributed by atoms with Gasteiger partial charge in [-0.3, -0.25) is 0 Å². The van der Waals surface area contributed by atoms with Crippen molar-refractivity contribution in [1.82, 2.24) is 14.5 Å². The van der Waals surface area contributed by atoms with E-state index in [2.05, 4.69) is 52.2 Å². The van der Waals surface area contributed by atoms with E-state index in [4.69, 9.17) is 4.98 Å². The first-order valence-corrected chi connectivity index (χ1v) is 6.45. The second kappa shape index (κ2) is 3.82. The van der Waals surface area contributed by atoms with E-state index in [1.807, 2.05) is 6.07 Å². The maximum absolute atomic E-state index is 4.70. The molecule has 1 aliphatic rings. The van der Waals surface area contributed by atoms with Crippen LogP contribution in [0, 0.1) is 0 Å². The van der Waals surface area contributed by atoms with Gasteiger partial charge in [0.05, 0.1) is 11.4 Å². The quantitative estimate of drug-likeness (QED) is 0.721. The number of aromatic nitrogens is 3. The molecular formula is C15H14N4. The van der Waals surface area contributed by atoms with Gasteiger partial charge in [0.1, 0.15) is 5.82 Å². The predicted octanol–water partition coefficient (Wildman–Crippen LogP) is 2.53. The minimum Gasteiger partial charge on any atom is -0.384 e. The summed E-state index contributed by atoms with van der Waals surface area (Å²) in [6, 6.07) is 12.5. The molecule has 3 aromatic rings. The Bertz CT molecular complexity index is 760. The van der Waals surface area contributed by atoms with E-state index in [9.17, 15) is 0 Å². The summed E-state index contributed by atoms with van der Waals surface area (Å²) in [5.41, 5.74) is 4.44. The number of nitrogens with zero attached hydrogens (tertiary/aromatic N) is 3. The number of imidazole rings is 1. The van der Waals surface area contributed by atoms with E-state index >= 15 is 0 Å². The fourth-order valence-corrected chi connectivity index (χ4v) is 2.87. The Morgan fingerprint density at radius 2 is 2.11 bits per heavy atom. The van der Waals surface area contributed by atoms with Crippen LogP contribution in [-0.4, -0.2) is 21.1 Å². The van der Waals surface area contributed by atoms with Crippen LogP contribution < -0.4 is 5.32 Å². The predicted molar refractivity (Wildman–Crippen MR) is 75.3 cm³/mol. The second-order valence-electron chi connectivity index (χ2n) is 4.90. The standard InChI is InChI=1S/C15H14N4/c1-19-13-7-4-8-16-14(13)18-15(19)11-9-17-12-6-3-2-5-10(11)12/h2-8,11,17H,9H2,1H3. The van der Waals surface area contributed by atoms with Crippen LogP contribution in [0.2, 0.25) is 0 Å². The third-order valence-corrected chi connectivity index (χ3v) is 3.84. The lowest BCUT2D eigenvalue weighted by Gasteiger charge is -2.10. The maximum atomic E-state index is 4.70. The number of nitrogens with one attached hydrogen (secondary N) is 1. The molecule has 1 aliphatic heterocycles. The summed E-state index contributed by atoms with van der Waals surface area (Å²) in [6.45, 7) is 0.899. The van der Waals surface area contributed by atoms with E-state index < -0.39 is 0 Å². The first kappa shape index (κ1) is 10.6. The Morgan fingerprint density at radius 1 is 1.21 bits per heavy atom. The van der Waals surface area contributed by atoms with Gasteiger partial charge in [-0.05, 0) is 23.8 Å². The zero-order chi connectivity index (χ0) is 12.8. The zero-order valence-corrected chi connectivity index (χ0v) is 10.7. The van der Waals surface area contributed by atoms with Gasteiger partial charge in [0.2, 0.25) is 0 Å². The van der Waals surface area contributed by atoms with Gasteiger partial charge in [0, 0.05) is 25.5 Å². The number of benzene rings is 1. The van der Waals surface area contributed by atoms with Crippen LogP contribution in [0.1, 0.15) is 17.3 Å². The smallest absolute Gasteiger partial charge is 0.177 e.